The lowest BCUT2D eigenvalue weighted by Crippen LogP contribution is -2.35. The first kappa shape index (κ1) is 19.9. The summed E-state index contributed by atoms with van der Waals surface area (Å²) in [7, 11) is -3.55. The zero-order valence-electron chi connectivity index (χ0n) is 16.8. The van der Waals surface area contributed by atoms with E-state index in [1.807, 2.05) is 12.1 Å². The van der Waals surface area contributed by atoms with Crippen molar-refractivity contribution in [3.63, 3.8) is 0 Å². The van der Waals surface area contributed by atoms with Crippen LogP contribution < -0.4 is 0 Å². The summed E-state index contributed by atoms with van der Waals surface area (Å²) in [6, 6.07) is 13.1. The van der Waals surface area contributed by atoms with Crippen molar-refractivity contribution in [2.24, 2.45) is 0 Å². The van der Waals surface area contributed by atoms with E-state index in [-0.39, 0.29) is 4.90 Å². The standard InChI is InChI=1S/C23H26N2O3S/c1-16(2)17-6-8-18(9-7-17)23-21(15-26)20-14-19(10-11-22(20)24-23)29(27,28)25-12-4-3-5-13-25/h6-11,14-16,24H,3-5,12-13H2,1-2H3. The Morgan fingerprint density at radius 1 is 1.00 bits per heavy atom. The number of nitrogens with zero attached hydrogens (tertiary/aromatic N) is 1. The second-order valence-corrected chi connectivity index (χ2v) is 9.92. The minimum absolute atomic E-state index is 0.246. The molecule has 1 aliphatic rings. The van der Waals surface area contributed by atoms with Crippen molar-refractivity contribution in [3.05, 3.63) is 53.6 Å². The molecule has 152 valence electrons. The third kappa shape index (κ3) is 3.63. The molecule has 1 fully saturated rings. The molecule has 0 aliphatic carbocycles. The number of aromatic amines is 1. The normalized spacial score (nSPS) is 15.8. The Morgan fingerprint density at radius 2 is 1.69 bits per heavy atom. The van der Waals surface area contributed by atoms with E-state index in [4.69, 9.17) is 0 Å². The first-order valence-corrected chi connectivity index (χ1v) is 11.6. The number of piperidine rings is 1. The van der Waals surface area contributed by atoms with Crippen LogP contribution in [0.25, 0.3) is 22.2 Å². The third-order valence-electron chi connectivity index (χ3n) is 5.75. The van der Waals surface area contributed by atoms with Crippen molar-refractivity contribution in [3.8, 4) is 11.3 Å². The summed E-state index contributed by atoms with van der Waals surface area (Å²) >= 11 is 0. The molecule has 1 N–H and O–H groups in total. The smallest absolute Gasteiger partial charge is 0.243 e. The lowest BCUT2D eigenvalue weighted by Gasteiger charge is -2.25. The molecule has 0 amide bonds. The van der Waals surface area contributed by atoms with Gasteiger partial charge in [0.05, 0.1) is 10.6 Å². The first-order valence-electron chi connectivity index (χ1n) is 10.1. The van der Waals surface area contributed by atoms with Gasteiger partial charge in [-0.1, -0.05) is 44.5 Å². The van der Waals surface area contributed by atoms with Crippen LogP contribution in [0.2, 0.25) is 0 Å². The molecule has 1 aliphatic heterocycles. The fourth-order valence-electron chi connectivity index (χ4n) is 3.99. The van der Waals surface area contributed by atoms with E-state index in [0.717, 1.165) is 42.3 Å². The average Bonchev–Trinajstić information content (AvgIpc) is 3.12. The van der Waals surface area contributed by atoms with E-state index in [1.165, 1.54) is 5.56 Å². The van der Waals surface area contributed by atoms with Gasteiger partial charge < -0.3 is 4.98 Å². The highest BCUT2D eigenvalue weighted by atomic mass is 32.2. The number of carbonyl (C=O) groups is 1. The van der Waals surface area contributed by atoms with E-state index in [1.54, 1.807) is 22.5 Å². The van der Waals surface area contributed by atoms with Crippen LogP contribution >= 0.6 is 0 Å². The van der Waals surface area contributed by atoms with Crippen LogP contribution in [0.5, 0.6) is 0 Å². The number of nitrogens with one attached hydrogen (secondary N) is 1. The lowest BCUT2D eigenvalue weighted by atomic mass is 9.99. The first-order chi connectivity index (χ1) is 13.9. The number of benzene rings is 2. The van der Waals surface area contributed by atoms with Gasteiger partial charge >= 0.3 is 0 Å². The van der Waals surface area contributed by atoms with Gasteiger partial charge in [-0.05, 0) is 48.1 Å². The highest BCUT2D eigenvalue weighted by molar-refractivity contribution is 7.89. The zero-order chi connectivity index (χ0) is 20.6. The number of H-pyrrole nitrogens is 1. The number of carbonyl (C=O) groups excluding carboxylic acids is 1. The van der Waals surface area contributed by atoms with Gasteiger partial charge in [0, 0.05) is 29.6 Å². The Morgan fingerprint density at radius 3 is 2.31 bits per heavy atom. The van der Waals surface area contributed by atoms with E-state index in [0.29, 0.717) is 30.0 Å². The largest absolute Gasteiger partial charge is 0.354 e. The minimum Gasteiger partial charge on any atom is -0.354 e. The SMILES string of the molecule is CC(C)c1ccc(-c2[nH]c3ccc(S(=O)(=O)N4CCCCC4)cc3c2C=O)cc1. The predicted molar refractivity (Wildman–Crippen MR) is 116 cm³/mol. The predicted octanol–water partition coefficient (Wildman–Crippen LogP) is 4.95. The van der Waals surface area contributed by atoms with Crippen molar-refractivity contribution in [1.29, 1.82) is 0 Å². The van der Waals surface area contributed by atoms with Gasteiger partial charge in [0.15, 0.2) is 6.29 Å². The minimum atomic E-state index is -3.55. The van der Waals surface area contributed by atoms with Crippen LogP contribution in [0.3, 0.4) is 0 Å². The molecule has 0 radical (unpaired) electrons. The number of sulfonamides is 1. The summed E-state index contributed by atoms with van der Waals surface area (Å²) in [4.78, 5) is 15.5. The quantitative estimate of drug-likeness (QED) is 0.605. The lowest BCUT2D eigenvalue weighted by molar-refractivity contribution is 0.112. The van der Waals surface area contributed by atoms with Gasteiger partial charge in [0.2, 0.25) is 10.0 Å². The van der Waals surface area contributed by atoms with Crippen LogP contribution in [0.1, 0.15) is 54.9 Å². The fraction of sp³-hybridized carbons (Fsp3) is 0.348. The summed E-state index contributed by atoms with van der Waals surface area (Å²) in [6.45, 7) is 5.39. The van der Waals surface area contributed by atoms with Crippen molar-refractivity contribution < 1.29 is 13.2 Å². The van der Waals surface area contributed by atoms with Gasteiger partial charge in [-0.25, -0.2) is 8.42 Å². The summed E-state index contributed by atoms with van der Waals surface area (Å²) in [5.74, 6) is 0.430. The molecule has 2 heterocycles. The summed E-state index contributed by atoms with van der Waals surface area (Å²) in [5.41, 5.74) is 4.11. The number of fused-ring (bicyclic) bond motifs is 1. The van der Waals surface area contributed by atoms with Crippen LogP contribution in [0.4, 0.5) is 0 Å². The Balaban J connectivity index is 1.78. The van der Waals surface area contributed by atoms with Crippen molar-refractivity contribution in [2.75, 3.05) is 13.1 Å². The Kier molecular flexibility index (Phi) is 5.32. The maximum atomic E-state index is 13.0. The molecule has 6 heteroatoms. The molecule has 0 saturated carbocycles. The third-order valence-corrected chi connectivity index (χ3v) is 7.64. The van der Waals surface area contributed by atoms with E-state index >= 15 is 0 Å². The molecule has 3 aromatic rings. The maximum absolute atomic E-state index is 13.0. The molecule has 1 saturated heterocycles. The molecule has 1 aromatic heterocycles. The fourth-order valence-corrected chi connectivity index (χ4v) is 5.54. The molecule has 2 aromatic carbocycles. The molecule has 29 heavy (non-hydrogen) atoms. The van der Waals surface area contributed by atoms with E-state index in [9.17, 15) is 13.2 Å². The molecule has 4 rings (SSSR count). The molecule has 5 nitrogen and oxygen atoms in total. The van der Waals surface area contributed by atoms with Crippen LogP contribution in [0.15, 0.2) is 47.4 Å². The van der Waals surface area contributed by atoms with Crippen molar-refractivity contribution in [2.45, 2.75) is 43.9 Å². The maximum Gasteiger partial charge on any atom is 0.243 e. The van der Waals surface area contributed by atoms with E-state index < -0.39 is 10.0 Å². The second kappa shape index (κ2) is 7.76. The van der Waals surface area contributed by atoms with E-state index in [2.05, 4.69) is 31.0 Å². The van der Waals surface area contributed by atoms with Crippen LogP contribution in [-0.2, 0) is 10.0 Å². The second-order valence-electron chi connectivity index (χ2n) is 7.98. The number of hydrogen-bond acceptors (Lipinski definition) is 3. The van der Waals surface area contributed by atoms with Crippen molar-refractivity contribution >= 4 is 27.2 Å². The molecular formula is C23H26N2O3S. The highest BCUT2D eigenvalue weighted by Crippen LogP contribution is 2.32. The molecular weight excluding hydrogens is 384 g/mol. The Hall–Kier alpha value is -2.44. The number of hydrogen-bond donors (Lipinski definition) is 1. The average molecular weight is 411 g/mol. The van der Waals surface area contributed by atoms with Crippen LogP contribution in [-0.4, -0.2) is 37.1 Å². The van der Waals surface area contributed by atoms with Crippen molar-refractivity contribution in [1.82, 2.24) is 9.29 Å². The van der Waals surface area contributed by atoms with Gasteiger partial charge in [-0.2, -0.15) is 4.31 Å². The van der Waals surface area contributed by atoms with Gasteiger partial charge in [0.1, 0.15) is 0 Å². The monoisotopic (exact) mass is 410 g/mol. The topological polar surface area (TPSA) is 70.2 Å². The summed E-state index contributed by atoms with van der Waals surface area (Å²) in [6.07, 6.45) is 3.66. The Labute approximate surface area is 171 Å². The molecule has 0 atom stereocenters. The molecule has 0 spiro atoms. The highest BCUT2D eigenvalue weighted by Gasteiger charge is 2.26. The zero-order valence-corrected chi connectivity index (χ0v) is 17.6. The van der Waals surface area contributed by atoms with Crippen LogP contribution in [0, 0.1) is 0 Å². The van der Waals surface area contributed by atoms with Gasteiger partial charge in [-0.15, -0.1) is 0 Å². The van der Waals surface area contributed by atoms with Gasteiger partial charge in [-0.3, -0.25) is 4.79 Å². The van der Waals surface area contributed by atoms with Gasteiger partial charge in [0.25, 0.3) is 0 Å². The molecule has 0 unspecified atom stereocenters. The number of rotatable bonds is 5. The number of aldehydes is 1. The number of aromatic nitrogens is 1. The summed E-state index contributed by atoms with van der Waals surface area (Å²) in [5, 5.41) is 0.640. The summed E-state index contributed by atoms with van der Waals surface area (Å²) < 4.78 is 27.6. The Bertz CT molecular complexity index is 1140. The molecule has 0 bridgehead atoms.